The second-order valence-corrected chi connectivity index (χ2v) is 5.57. The van der Waals surface area contributed by atoms with Gasteiger partial charge < -0.3 is 10.1 Å². The summed E-state index contributed by atoms with van der Waals surface area (Å²) in [5.74, 6) is 1.16. The van der Waals surface area contributed by atoms with Gasteiger partial charge in [0.05, 0.1) is 24.7 Å². The largest absolute Gasteiger partial charge is 0.495 e. The van der Waals surface area contributed by atoms with Crippen LogP contribution in [0.1, 0.15) is 18.3 Å². The van der Waals surface area contributed by atoms with Crippen molar-refractivity contribution in [2.75, 3.05) is 12.4 Å². The van der Waals surface area contributed by atoms with E-state index in [4.69, 9.17) is 4.74 Å². The molecule has 0 saturated heterocycles. The maximum absolute atomic E-state index is 11.5. The van der Waals surface area contributed by atoms with Crippen LogP contribution in [0.2, 0.25) is 0 Å². The average molecular weight is 375 g/mol. The van der Waals surface area contributed by atoms with Gasteiger partial charge in [0, 0.05) is 30.4 Å². The van der Waals surface area contributed by atoms with Gasteiger partial charge >= 0.3 is 0 Å². The van der Waals surface area contributed by atoms with E-state index in [0.717, 1.165) is 17.0 Å². The fourth-order valence-electron chi connectivity index (χ4n) is 2.42. The van der Waals surface area contributed by atoms with E-state index in [1.54, 1.807) is 30.3 Å². The summed E-state index contributed by atoms with van der Waals surface area (Å²) in [6.45, 7) is 5.24. The molecule has 1 amide bonds. The van der Waals surface area contributed by atoms with E-state index in [9.17, 15) is 4.79 Å². The van der Waals surface area contributed by atoms with Crippen LogP contribution >= 0.6 is 12.4 Å². The van der Waals surface area contributed by atoms with Gasteiger partial charge in [-0.15, -0.1) is 12.4 Å². The zero-order valence-corrected chi connectivity index (χ0v) is 15.7. The minimum atomic E-state index is -0.215. The predicted octanol–water partition coefficient (Wildman–Crippen LogP) is 2.73. The molecular weight excluding hydrogens is 356 g/mol. The van der Waals surface area contributed by atoms with E-state index in [0.29, 0.717) is 23.2 Å². The van der Waals surface area contributed by atoms with Crippen molar-refractivity contribution in [1.82, 2.24) is 24.7 Å². The Morgan fingerprint density at radius 3 is 2.54 bits per heavy atom. The number of methoxy groups -OCH3 is 1. The Bertz CT molecular complexity index is 941. The Kier molecular flexibility index (Phi) is 5.89. The highest BCUT2D eigenvalue weighted by molar-refractivity contribution is 5.88. The molecule has 26 heavy (non-hydrogen) atoms. The van der Waals surface area contributed by atoms with Crippen LogP contribution in [0.4, 0.5) is 5.82 Å². The molecule has 8 nitrogen and oxygen atoms in total. The summed E-state index contributed by atoms with van der Waals surface area (Å²) in [4.78, 5) is 24.6. The van der Waals surface area contributed by atoms with Gasteiger partial charge in [-0.05, 0) is 26.0 Å². The van der Waals surface area contributed by atoms with E-state index in [-0.39, 0.29) is 18.3 Å². The highest BCUT2D eigenvalue weighted by Gasteiger charge is 2.13. The molecule has 3 rings (SSSR count). The minimum absolute atomic E-state index is 0. The molecule has 0 atom stereocenters. The van der Waals surface area contributed by atoms with Crippen LogP contribution < -0.4 is 10.1 Å². The van der Waals surface area contributed by atoms with Crippen LogP contribution in [0, 0.1) is 13.8 Å². The number of nitrogens with one attached hydrogen (secondary N) is 1. The summed E-state index contributed by atoms with van der Waals surface area (Å²) in [6, 6.07) is 5.44. The Morgan fingerprint density at radius 1 is 1.15 bits per heavy atom. The van der Waals surface area contributed by atoms with Gasteiger partial charge in [-0.1, -0.05) is 0 Å². The summed E-state index contributed by atoms with van der Waals surface area (Å²) >= 11 is 0. The van der Waals surface area contributed by atoms with E-state index in [1.807, 2.05) is 26.0 Å². The predicted molar refractivity (Wildman–Crippen MR) is 100.0 cm³/mol. The van der Waals surface area contributed by atoms with Gasteiger partial charge in [0.25, 0.3) is 5.95 Å². The second kappa shape index (κ2) is 7.92. The van der Waals surface area contributed by atoms with E-state index in [1.165, 1.54) is 6.92 Å². The number of ether oxygens (including phenoxy) is 1. The molecule has 1 N–H and O–H groups in total. The summed E-state index contributed by atoms with van der Waals surface area (Å²) in [7, 11) is 1.57. The first kappa shape index (κ1) is 19.3. The number of aromatic nitrogens is 5. The first-order valence-corrected chi connectivity index (χ1v) is 7.66. The third-order valence-electron chi connectivity index (χ3n) is 3.46. The monoisotopic (exact) mass is 374 g/mol. The fraction of sp³-hybridized carbons (Fsp3) is 0.235. The number of nitrogens with zero attached hydrogens (tertiary/aromatic N) is 5. The maximum Gasteiger partial charge on any atom is 0.253 e. The number of pyridine rings is 1. The third-order valence-corrected chi connectivity index (χ3v) is 3.46. The second-order valence-electron chi connectivity index (χ2n) is 5.57. The first-order valence-electron chi connectivity index (χ1n) is 7.66. The molecule has 0 fully saturated rings. The summed E-state index contributed by atoms with van der Waals surface area (Å²) < 4.78 is 6.85. The molecule has 0 spiro atoms. The summed E-state index contributed by atoms with van der Waals surface area (Å²) in [5.41, 5.74) is 3.10. The number of amides is 1. The van der Waals surface area contributed by atoms with Crippen molar-refractivity contribution >= 4 is 24.1 Å². The van der Waals surface area contributed by atoms with Crippen molar-refractivity contribution in [2.45, 2.75) is 20.8 Å². The number of hydrogen-bond acceptors (Lipinski definition) is 6. The Hall–Kier alpha value is -3.00. The molecular formula is C17H19ClN6O2. The third kappa shape index (κ3) is 4.15. The van der Waals surface area contributed by atoms with Gasteiger partial charge in [-0.25, -0.2) is 9.67 Å². The van der Waals surface area contributed by atoms with Crippen molar-refractivity contribution in [3.8, 4) is 23.0 Å². The SMILES string of the molecule is COc1cncc(-c2cc(NC(C)=O)nc(-n3nc(C)cc3C)n2)c1.Cl. The van der Waals surface area contributed by atoms with E-state index >= 15 is 0 Å². The van der Waals surface area contributed by atoms with Crippen molar-refractivity contribution in [3.63, 3.8) is 0 Å². The number of hydrogen-bond donors (Lipinski definition) is 1. The van der Waals surface area contributed by atoms with Crippen molar-refractivity contribution in [2.24, 2.45) is 0 Å². The van der Waals surface area contributed by atoms with Crippen LogP contribution in [-0.4, -0.2) is 37.7 Å². The Labute approximate surface area is 157 Å². The maximum atomic E-state index is 11.5. The van der Waals surface area contributed by atoms with Gasteiger partial charge in [0.15, 0.2) is 0 Å². The van der Waals surface area contributed by atoms with Crippen LogP contribution in [0.25, 0.3) is 17.2 Å². The molecule has 0 unspecified atom stereocenters. The molecule has 3 aromatic heterocycles. The lowest BCUT2D eigenvalue weighted by atomic mass is 10.2. The minimum Gasteiger partial charge on any atom is -0.495 e. The highest BCUT2D eigenvalue weighted by Crippen LogP contribution is 2.24. The molecule has 3 aromatic rings. The average Bonchev–Trinajstić information content (AvgIpc) is 2.92. The van der Waals surface area contributed by atoms with Crippen LogP contribution in [0.5, 0.6) is 5.75 Å². The number of rotatable bonds is 4. The topological polar surface area (TPSA) is 94.8 Å². The number of carbonyl (C=O) groups excluding carboxylic acids is 1. The molecule has 136 valence electrons. The van der Waals surface area contributed by atoms with Crippen LogP contribution in [0.3, 0.4) is 0 Å². The Morgan fingerprint density at radius 2 is 1.92 bits per heavy atom. The number of halogens is 1. The molecule has 0 radical (unpaired) electrons. The quantitative estimate of drug-likeness (QED) is 0.754. The molecule has 3 heterocycles. The summed E-state index contributed by atoms with van der Waals surface area (Å²) in [6.07, 6.45) is 3.29. The highest BCUT2D eigenvalue weighted by atomic mass is 35.5. The molecule has 0 aliphatic heterocycles. The van der Waals surface area contributed by atoms with Gasteiger partial charge in [-0.3, -0.25) is 9.78 Å². The molecule has 0 saturated carbocycles. The number of aryl methyl sites for hydroxylation is 2. The Balaban J connectivity index is 0.00000243. The van der Waals surface area contributed by atoms with Gasteiger partial charge in [0.2, 0.25) is 5.91 Å². The number of carbonyl (C=O) groups is 1. The standard InChI is InChI=1S/C17H18N6O2.ClH/c1-10-5-11(2)23(22-10)17-20-15(7-16(21-17)19-12(3)24)13-6-14(25-4)9-18-8-13;/h5-9H,1-4H3,(H,19,20,21,24);1H. The fourth-order valence-corrected chi connectivity index (χ4v) is 2.42. The lowest BCUT2D eigenvalue weighted by Crippen LogP contribution is -2.12. The van der Waals surface area contributed by atoms with Crippen LogP contribution in [-0.2, 0) is 4.79 Å². The first-order chi connectivity index (χ1) is 12.0. The van der Waals surface area contributed by atoms with E-state index in [2.05, 4.69) is 25.4 Å². The molecule has 0 aliphatic rings. The summed E-state index contributed by atoms with van der Waals surface area (Å²) in [5, 5.41) is 7.11. The van der Waals surface area contributed by atoms with Crippen molar-refractivity contribution in [1.29, 1.82) is 0 Å². The van der Waals surface area contributed by atoms with Gasteiger partial charge in [-0.2, -0.15) is 10.1 Å². The molecule has 0 aliphatic carbocycles. The smallest absolute Gasteiger partial charge is 0.253 e. The lowest BCUT2D eigenvalue weighted by molar-refractivity contribution is -0.114. The molecule has 9 heteroatoms. The van der Waals surface area contributed by atoms with Crippen LogP contribution in [0.15, 0.2) is 30.6 Å². The normalized spacial score (nSPS) is 10.2. The number of anilines is 1. The molecule has 0 aromatic carbocycles. The lowest BCUT2D eigenvalue weighted by Gasteiger charge is -2.10. The van der Waals surface area contributed by atoms with Gasteiger partial charge in [0.1, 0.15) is 11.6 Å². The van der Waals surface area contributed by atoms with Crippen molar-refractivity contribution in [3.05, 3.63) is 42.0 Å². The molecule has 0 bridgehead atoms. The zero-order chi connectivity index (χ0) is 18.0. The zero-order valence-electron chi connectivity index (χ0n) is 14.8. The van der Waals surface area contributed by atoms with Crippen molar-refractivity contribution < 1.29 is 9.53 Å². The van der Waals surface area contributed by atoms with E-state index < -0.39 is 0 Å².